The molecule has 1 heterocycles. The molecule has 3 rings (SSSR count). The molecule has 1 amide bonds. The molecular formula is C20H17FN2O2. The highest BCUT2D eigenvalue weighted by atomic mass is 19.1. The summed E-state index contributed by atoms with van der Waals surface area (Å²) >= 11 is 0. The smallest absolute Gasteiger partial charge is 0.258 e. The Labute approximate surface area is 145 Å². The Morgan fingerprint density at radius 2 is 1.92 bits per heavy atom. The van der Waals surface area contributed by atoms with Gasteiger partial charge in [0.2, 0.25) is 0 Å². The minimum absolute atomic E-state index is 0.284. The SMILES string of the molecule is COc1ccc(N(Cc2cccnc2)C(=O)c2cccc(F)c2)cc1. The lowest BCUT2D eigenvalue weighted by molar-refractivity contribution is 0.0984. The van der Waals surface area contributed by atoms with E-state index in [0.29, 0.717) is 23.5 Å². The molecular weight excluding hydrogens is 319 g/mol. The third-order valence-electron chi connectivity index (χ3n) is 3.76. The van der Waals surface area contributed by atoms with Crippen molar-refractivity contribution >= 4 is 11.6 Å². The van der Waals surface area contributed by atoms with Crippen LogP contribution in [0.3, 0.4) is 0 Å². The Hall–Kier alpha value is -3.21. The lowest BCUT2D eigenvalue weighted by atomic mass is 10.1. The molecule has 0 saturated carbocycles. The molecule has 0 atom stereocenters. The molecule has 0 N–H and O–H groups in total. The van der Waals surface area contributed by atoms with E-state index in [0.717, 1.165) is 5.56 Å². The number of amides is 1. The fourth-order valence-corrected chi connectivity index (χ4v) is 2.49. The second kappa shape index (κ2) is 7.57. The van der Waals surface area contributed by atoms with Crippen molar-refractivity contribution < 1.29 is 13.9 Å². The van der Waals surface area contributed by atoms with Gasteiger partial charge in [-0.05, 0) is 54.1 Å². The number of rotatable bonds is 5. The van der Waals surface area contributed by atoms with Crippen molar-refractivity contribution in [3.05, 3.63) is 90.0 Å². The fraction of sp³-hybridized carbons (Fsp3) is 0.100. The average molecular weight is 336 g/mol. The summed E-state index contributed by atoms with van der Waals surface area (Å²) in [7, 11) is 1.58. The van der Waals surface area contributed by atoms with E-state index in [2.05, 4.69) is 4.98 Å². The first-order valence-electron chi connectivity index (χ1n) is 7.78. The number of pyridine rings is 1. The number of aromatic nitrogens is 1. The van der Waals surface area contributed by atoms with Crippen LogP contribution in [0.4, 0.5) is 10.1 Å². The van der Waals surface area contributed by atoms with Gasteiger partial charge < -0.3 is 9.64 Å². The molecule has 25 heavy (non-hydrogen) atoms. The molecule has 3 aromatic rings. The number of anilines is 1. The van der Waals surface area contributed by atoms with Crippen LogP contribution in [0, 0.1) is 5.82 Å². The minimum atomic E-state index is -0.443. The molecule has 0 radical (unpaired) electrons. The monoisotopic (exact) mass is 336 g/mol. The summed E-state index contributed by atoms with van der Waals surface area (Å²) in [5.74, 6) is -0.0290. The molecule has 0 saturated heterocycles. The van der Waals surface area contributed by atoms with Gasteiger partial charge in [-0.2, -0.15) is 0 Å². The maximum absolute atomic E-state index is 13.5. The molecule has 1 aromatic heterocycles. The van der Waals surface area contributed by atoms with Crippen LogP contribution in [0.5, 0.6) is 5.75 Å². The van der Waals surface area contributed by atoms with E-state index in [1.165, 1.54) is 18.2 Å². The quantitative estimate of drug-likeness (QED) is 0.705. The average Bonchev–Trinajstić information content (AvgIpc) is 2.66. The van der Waals surface area contributed by atoms with Crippen molar-refractivity contribution in [1.29, 1.82) is 0 Å². The summed E-state index contributed by atoms with van der Waals surface area (Å²) in [4.78, 5) is 18.6. The topological polar surface area (TPSA) is 42.4 Å². The maximum atomic E-state index is 13.5. The second-order valence-corrected chi connectivity index (χ2v) is 5.46. The summed E-state index contributed by atoms with van der Waals surface area (Å²) < 4.78 is 18.7. The van der Waals surface area contributed by atoms with Crippen molar-refractivity contribution in [2.24, 2.45) is 0 Å². The number of hydrogen-bond donors (Lipinski definition) is 0. The number of hydrogen-bond acceptors (Lipinski definition) is 3. The molecule has 0 aliphatic carbocycles. The Kier molecular flexibility index (Phi) is 5.04. The first kappa shape index (κ1) is 16.6. The van der Waals surface area contributed by atoms with Crippen LogP contribution >= 0.6 is 0 Å². The number of carbonyl (C=O) groups is 1. The zero-order chi connectivity index (χ0) is 17.6. The Bertz CT molecular complexity index is 851. The van der Waals surface area contributed by atoms with Crippen LogP contribution in [-0.2, 0) is 6.54 Å². The van der Waals surface area contributed by atoms with E-state index >= 15 is 0 Å². The largest absolute Gasteiger partial charge is 0.497 e. The van der Waals surface area contributed by atoms with Gasteiger partial charge in [-0.15, -0.1) is 0 Å². The fourth-order valence-electron chi connectivity index (χ4n) is 2.49. The Balaban J connectivity index is 1.96. The van der Waals surface area contributed by atoms with Crippen LogP contribution in [-0.4, -0.2) is 18.0 Å². The molecule has 0 bridgehead atoms. The highest BCUT2D eigenvalue weighted by molar-refractivity contribution is 6.06. The van der Waals surface area contributed by atoms with Crippen LogP contribution in [0.25, 0.3) is 0 Å². The van der Waals surface area contributed by atoms with Gasteiger partial charge in [0.25, 0.3) is 5.91 Å². The number of carbonyl (C=O) groups excluding carboxylic acids is 1. The van der Waals surface area contributed by atoms with E-state index < -0.39 is 5.82 Å². The van der Waals surface area contributed by atoms with Gasteiger partial charge in [-0.1, -0.05) is 12.1 Å². The molecule has 0 fully saturated rings. The Morgan fingerprint density at radius 3 is 2.56 bits per heavy atom. The van der Waals surface area contributed by atoms with Crippen molar-refractivity contribution in [3.8, 4) is 5.75 Å². The van der Waals surface area contributed by atoms with Crippen LogP contribution in [0.15, 0.2) is 73.1 Å². The summed E-state index contributed by atoms with van der Waals surface area (Å²) in [6.07, 6.45) is 3.38. The van der Waals surface area contributed by atoms with Crippen molar-refractivity contribution in [2.75, 3.05) is 12.0 Å². The van der Waals surface area contributed by atoms with Crippen LogP contribution in [0.2, 0.25) is 0 Å². The number of ether oxygens (including phenoxy) is 1. The maximum Gasteiger partial charge on any atom is 0.258 e. The standard InChI is InChI=1S/C20H17FN2O2/c1-25-19-9-7-18(8-10-19)23(14-15-4-3-11-22-13-15)20(24)16-5-2-6-17(21)12-16/h2-13H,14H2,1H3. The zero-order valence-electron chi connectivity index (χ0n) is 13.7. The number of nitrogens with zero attached hydrogens (tertiary/aromatic N) is 2. The third-order valence-corrected chi connectivity index (χ3v) is 3.76. The molecule has 126 valence electrons. The zero-order valence-corrected chi connectivity index (χ0v) is 13.7. The van der Waals surface area contributed by atoms with Gasteiger partial charge in [-0.3, -0.25) is 9.78 Å². The molecule has 4 nitrogen and oxygen atoms in total. The lowest BCUT2D eigenvalue weighted by Crippen LogP contribution is -2.30. The van der Waals surface area contributed by atoms with Gasteiger partial charge in [-0.25, -0.2) is 4.39 Å². The van der Waals surface area contributed by atoms with Gasteiger partial charge in [0.15, 0.2) is 0 Å². The number of halogens is 1. The van der Waals surface area contributed by atoms with Crippen LogP contribution in [0.1, 0.15) is 15.9 Å². The van der Waals surface area contributed by atoms with E-state index in [-0.39, 0.29) is 5.91 Å². The predicted octanol–water partition coefficient (Wildman–Crippen LogP) is 4.08. The summed E-state index contributed by atoms with van der Waals surface area (Å²) in [6, 6.07) is 16.5. The van der Waals surface area contributed by atoms with Gasteiger partial charge >= 0.3 is 0 Å². The third kappa shape index (κ3) is 4.01. The van der Waals surface area contributed by atoms with Gasteiger partial charge in [0.1, 0.15) is 11.6 Å². The number of methoxy groups -OCH3 is 1. The van der Waals surface area contributed by atoms with E-state index in [1.807, 2.05) is 12.1 Å². The first-order valence-corrected chi connectivity index (χ1v) is 7.78. The van der Waals surface area contributed by atoms with Crippen molar-refractivity contribution in [3.63, 3.8) is 0 Å². The van der Waals surface area contributed by atoms with Crippen molar-refractivity contribution in [2.45, 2.75) is 6.54 Å². The Morgan fingerprint density at radius 1 is 1.12 bits per heavy atom. The van der Waals surface area contributed by atoms with Crippen LogP contribution < -0.4 is 9.64 Å². The first-order chi connectivity index (χ1) is 12.2. The molecule has 0 aliphatic heterocycles. The highest BCUT2D eigenvalue weighted by Crippen LogP contribution is 2.23. The van der Waals surface area contributed by atoms with E-state index in [9.17, 15) is 9.18 Å². The normalized spacial score (nSPS) is 10.3. The van der Waals surface area contributed by atoms with Crippen molar-refractivity contribution in [1.82, 2.24) is 4.98 Å². The summed E-state index contributed by atoms with van der Waals surface area (Å²) in [6.45, 7) is 0.329. The van der Waals surface area contributed by atoms with Gasteiger partial charge in [0, 0.05) is 23.6 Å². The van der Waals surface area contributed by atoms with Gasteiger partial charge in [0.05, 0.1) is 13.7 Å². The lowest BCUT2D eigenvalue weighted by Gasteiger charge is -2.23. The van der Waals surface area contributed by atoms with E-state index in [1.54, 1.807) is 54.7 Å². The summed E-state index contributed by atoms with van der Waals surface area (Å²) in [5, 5.41) is 0. The molecule has 5 heteroatoms. The minimum Gasteiger partial charge on any atom is -0.497 e. The van der Waals surface area contributed by atoms with E-state index in [4.69, 9.17) is 4.74 Å². The summed E-state index contributed by atoms with van der Waals surface area (Å²) in [5.41, 5.74) is 1.86. The predicted molar refractivity (Wildman–Crippen MR) is 94.1 cm³/mol. The molecule has 0 aliphatic rings. The molecule has 0 spiro atoms. The molecule has 2 aromatic carbocycles. The second-order valence-electron chi connectivity index (χ2n) is 5.46. The number of benzene rings is 2. The molecule has 0 unspecified atom stereocenters. The highest BCUT2D eigenvalue weighted by Gasteiger charge is 2.19.